The number of aliphatic hydroxyl groups is 1. The smallest absolute Gasteiger partial charge is 0.125 e. The molecular formula is C16H23NO3. The Labute approximate surface area is 120 Å². The van der Waals surface area contributed by atoms with E-state index in [1.165, 1.54) is 0 Å². The van der Waals surface area contributed by atoms with Crippen molar-refractivity contribution in [3.05, 3.63) is 29.3 Å². The number of hydrogen-bond acceptors (Lipinski definition) is 4. The Bertz CT molecular complexity index is 457. The van der Waals surface area contributed by atoms with E-state index in [9.17, 15) is 5.11 Å². The van der Waals surface area contributed by atoms with Gasteiger partial charge < -0.3 is 19.9 Å². The molecule has 2 aliphatic rings. The largest absolute Gasteiger partial charge is 0.490 e. The third-order valence-corrected chi connectivity index (χ3v) is 4.39. The number of fused-ring (bicyclic) bond motifs is 1. The topological polar surface area (TPSA) is 50.7 Å². The van der Waals surface area contributed by atoms with Crippen molar-refractivity contribution in [2.24, 2.45) is 5.92 Å². The highest BCUT2D eigenvalue weighted by molar-refractivity contribution is 5.40. The summed E-state index contributed by atoms with van der Waals surface area (Å²) in [5.41, 5.74) is 1.99. The first-order valence-corrected chi connectivity index (χ1v) is 7.45. The summed E-state index contributed by atoms with van der Waals surface area (Å²) < 4.78 is 11.3. The fourth-order valence-electron chi connectivity index (χ4n) is 3.29. The van der Waals surface area contributed by atoms with Crippen LogP contribution in [0.15, 0.2) is 18.2 Å². The van der Waals surface area contributed by atoms with Crippen LogP contribution in [0.3, 0.4) is 0 Å². The molecule has 0 radical (unpaired) electrons. The summed E-state index contributed by atoms with van der Waals surface area (Å²) in [6.45, 7) is 2.68. The monoisotopic (exact) mass is 277 g/mol. The van der Waals surface area contributed by atoms with Crippen LogP contribution in [0.1, 0.15) is 36.5 Å². The molecule has 0 aromatic heterocycles. The van der Waals surface area contributed by atoms with Crippen LogP contribution in [-0.4, -0.2) is 31.4 Å². The van der Waals surface area contributed by atoms with Gasteiger partial charge in [-0.3, -0.25) is 0 Å². The second-order valence-electron chi connectivity index (χ2n) is 5.80. The summed E-state index contributed by atoms with van der Waals surface area (Å²) in [5.74, 6) is 1.39. The van der Waals surface area contributed by atoms with Crippen molar-refractivity contribution >= 4 is 0 Å². The highest BCUT2D eigenvalue weighted by atomic mass is 16.5. The summed E-state index contributed by atoms with van der Waals surface area (Å²) in [4.78, 5) is 0. The SMILES string of the molecule is COCc1ccc2c(c1)C(O)CC(C1CCNCC1)O2. The summed E-state index contributed by atoms with van der Waals surface area (Å²) in [6, 6.07) is 5.99. The van der Waals surface area contributed by atoms with Crippen molar-refractivity contribution in [3.8, 4) is 5.75 Å². The lowest BCUT2D eigenvalue weighted by Gasteiger charge is -2.36. The molecule has 110 valence electrons. The average molecular weight is 277 g/mol. The molecule has 1 fully saturated rings. The molecule has 2 atom stereocenters. The van der Waals surface area contributed by atoms with Crippen LogP contribution < -0.4 is 10.1 Å². The van der Waals surface area contributed by atoms with E-state index in [1.807, 2.05) is 18.2 Å². The number of benzene rings is 1. The molecule has 1 aromatic carbocycles. The third-order valence-electron chi connectivity index (χ3n) is 4.39. The van der Waals surface area contributed by atoms with E-state index in [-0.39, 0.29) is 6.10 Å². The fourth-order valence-corrected chi connectivity index (χ4v) is 3.29. The van der Waals surface area contributed by atoms with Gasteiger partial charge in [0.2, 0.25) is 0 Å². The van der Waals surface area contributed by atoms with Gasteiger partial charge in [0.05, 0.1) is 12.7 Å². The number of aliphatic hydroxyl groups excluding tert-OH is 1. The first-order chi connectivity index (χ1) is 9.78. The Morgan fingerprint density at radius 2 is 2.15 bits per heavy atom. The number of rotatable bonds is 3. The van der Waals surface area contributed by atoms with E-state index in [4.69, 9.17) is 9.47 Å². The van der Waals surface area contributed by atoms with Crippen LogP contribution in [0.25, 0.3) is 0 Å². The number of hydrogen-bond donors (Lipinski definition) is 2. The van der Waals surface area contributed by atoms with E-state index in [2.05, 4.69) is 5.32 Å². The first-order valence-electron chi connectivity index (χ1n) is 7.45. The lowest BCUT2D eigenvalue weighted by atomic mass is 9.85. The van der Waals surface area contributed by atoms with E-state index in [0.717, 1.165) is 42.8 Å². The molecule has 1 aromatic rings. The Morgan fingerprint density at radius 1 is 1.35 bits per heavy atom. The number of piperidine rings is 1. The van der Waals surface area contributed by atoms with Crippen LogP contribution in [0, 0.1) is 5.92 Å². The quantitative estimate of drug-likeness (QED) is 0.887. The van der Waals surface area contributed by atoms with Crippen molar-refractivity contribution < 1.29 is 14.6 Å². The van der Waals surface area contributed by atoms with Crippen LogP contribution in [-0.2, 0) is 11.3 Å². The van der Waals surface area contributed by atoms with Crippen molar-refractivity contribution in [1.82, 2.24) is 5.32 Å². The van der Waals surface area contributed by atoms with E-state index >= 15 is 0 Å². The maximum absolute atomic E-state index is 10.4. The van der Waals surface area contributed by atoms with Crippen LogP contribution >= 0.6 is 0 Å². The molecule has 0 aliphatic carbocycles. The highest BCUT2D eigenvalue weighted by Gasteiger charge is 2.33. The second kappa shape index (κ2) is 6.12. The standard InChI is InChI=1S/C16H23NO3/c1-19-10-11-2-3-15-13(8-11)14(18)9-16(20-15)12-4-6-17-7-5-12/h2-3,8,12,14,16-18H,4-7,9-10H2,1H3. The zero-order chi connectivity index (χ0) is 13.9. The molecular weight excluding hydrogens is 254 g/mol. The molecule has 3 rings (SSSR count). The minimum Gasteiger partial charge on any atom is -0.490 e. The maximum Gasteiger partial charge on any atom is 0.125 e. The molecule has 2 unspecified atom stereocenters. The van der Waals surface area contributed by atoms with Crippen molar-refractivity contribution in [2.75, 3.05) is 20.2 Å². The van der Waals surface area contributed by atoms with Gasteiger partial charge in [-0.2, -0.15) is 0 Å². The van der Waals surface area contributed by atoms with Gasteiger partial charge in [-0.1, -0.05) is 6.07 Å². The Morgan fingerprint density at radius 3 is 2.90 bits per heavy atom. The number of nitrogens with one attached hydrogen (secondary N) is 1. The molecule has 1 saturated heterocycles. The van der Waals surface area contributed by atoms with Crippen molar-refractivity contribution in [1.29, 1.82) is 0 Å². The molecule has 2 heterocycles. The minimum atomic E-state index is -0.421. The number of methoxy groups -OCH3 is 1. The molecule has 0 bridgehead atoms. The molecule has 2 aliphatic heterocycles. The number of ether oxygens (including phenoxy) is 2. The third kappa shape index (κ3) is 2.82. The van der Waals surface area contributed by atoms with Crippen LogP contribution in [0.5, 0.6) is 5.75 Å². The summed E-state index contributed by atoms with van der Waals surface area (Å²) >= 11 is 0. The normalized spacial score (nSPS) is 26.9. The van der Waals surface area contributed by atoms with Gasteiger partial charge >= 0.3 is 0 Å². The molecule has 2 N–H and O–H groups in total. The molecule has 0 spiro atoms. The summed E-state index contributed by atoms with van der Waals surface area (Å²) in [6.07, 6.45) is 2.69. The average Bonchev–Trinajstić information content (AvgIpc) is 2.49. The lowest BCUT2D eigenvalue weighted by Crippen LogP contribution is -2.39. The zero-order valence-electron chi connectivity index (χ0n) is 12.0. The van der Waals surface area contributed by atoms with Crippen LogP contribution in [0.2, 0.25) is 0 Å². The summed E-state index contributed by atoms with van der Waals surface area (Å²) in [7, 11) is 1.68. The molecule has 4 heteroatoms. The zero-order valence-corrected chi connectivity index (χ0v) is 12.0. The Balaban J connectivity index is 1.76. The van der Waals surface area contributed by atoms with E-state index in [1.54, 1.807) is 7.11 Å². The molecule has 0 amide bonds. The van der Waals surface area contributed by atoms with Gasteiger partial charge in [0.15, 0.2) is 0 Å². The first kappa shape index (κ1) is 13.9. The van der Waals surface area contributed by atoms with Gasteiger partial charge in [-0.15, -0.1) is 0 Å². The highest BCUT2D eigenvalue weighted by Crippen LogP contribution is 2.39. The van der Waals surface area contributed by atoms with Gasteiger partial charge in [0.1, 0.15) is 11.9 Å². The Hall–Kier alpha value is -1.10. The second-order valence-corrected chi connectivity index (χ2v) is 5.80. The van der Waals surface area contributed by atoms with Gasteiger partial charge in [-0.05, 0) is 49.5 Å². The molecule has 20 heavy (non-hydrogen) atoms. The van der Waals surface area contributed by atoms with Gasteiger partial charge in [0, 0.05) is 19.1 Å². The van der Waals surface area contributed by atoms with E-state index < -0.39 is 6.10 Å². The van der Waals surface area contributed by atoms with Gasteiger partial charge in [-0.25, -0.2) is 0 Å². The van der Waals surface area contributed by atoms with E-state index in [0.29, 0.717) is 18.9 Å². The minimum absolute atomic E-state index is 0.146. The predicted molar refractivity (Wildman–Crippen MR) is 76.7 cm³/mol. The molecule has 0 saturated carbocycles. The lowest BCUT2D eigenvalue weighted by molar-refractivity contribution is 0.0252. The van der Waals surface area contributed by atoms with Gasteiger partial charge in [0.25, 0.3) is 0 Å². The summed E-state index contributed by atoms with van der Waals surface area (Å²) in [5, 5.41) is 13.8. The fraction of sp³-hybridized carbons (Fsp3) is 0.625. The van der Waals surface area contributed by atoms with Crippen molar-refractivity contribution in [3.63, 3.8) is 0 Å². The maximum atomic E-state index is 10.4. The predicted octanol–water partition coefficient (Wildman–Crippen LogP) is 2.02. The van der Waals surface area contributed by atoms with Crippen molar-refractivity contribution in [2.45, 2.75) is 38.1 Å². The van der Waals surface area contributed by atoms with Crippen LogP contribution in [0.4, 0.5) is 0 Å². The Kier molecular flexibility index (Phi) is 4.24. The molecule has 4 nitrogen and oxygen atoms in total.